The van der Waals surface area contributed by atoms with Crippen LogP contribution in [0.5, 0.6) is 0 Å². The third-order valence-corrected chi connectivity index (χ3v) is 3.23. The third kappa shape index (κ3) is 4.72. The molecule has 0 spiro atoms. The molecular formula is C19H20O4. The van der Waals surface area contributed by atoms with Crippen molar-refractivity contribution in [3.8, 4) is 11.8 Å². The molecule has 0 radical (unpaired) electrons. The minimum atomic E-state index is -1.22. The van der Waals surface area contributed by atoms with Crippen LogP contribution in [0.15, 0.2) is 29.8 Å². The van der Waals surface area contributed by atoms with E-state index >= 15 is 0 Å². The first-order chi connectivity index (χ1) is 10.9. The van der Waals surface area contributed by atoms with Crippen LogP contribution in [0.4, 0.5) is 0 Å². The number of benzene rings is 1. The fourth-order valence-corrected chi connectivity index (χ4v) is 2.04. The minimum Gasteiger partial charge on any atom is -0.419 e. The average Bonchev–Trinajstić information content (AvgIpc) is 2.48. The van der Waals surface area contributed by atoms with Crippen LogP contribution < -0.4 is 0 Å². The van der Waals surface area contributed by atoms with Crippen molar-refractivity contribution < 1.29 is 19.1 Å². The Bertz CT molecular complexity index is 662. The van der Waals surface area contributed by atoms with E-state index in [-0.39, 0.29) is 5.57 Å². The predicted octanol–water partition coefficient (Wildman–Crippen LogP) is 3.45. The van der Waals surface area contributed by atoms with Gasteiger partial charge in [0.1, 0.15) is 5.57 Å². The van der Waals surface area contributed by atoms with E-state index in [1.54, 1.807) is 12.1 Å². The van der Waals surface area contributed by atoms with Gasteiger partial charge >= 0.3 is 11.9 Å². The van der Waals surface area contributed by atoms with E-state index in [4.69, 9.17) is 9.47 Å². The molecule has 0 aliphatic carbocycles. The van der Waals surface area contributed by atoms with Crippen molar-refractivity contribution in [2.75, 3.05) is 0 Å². The van der Waals surface area contributed by atoms with Crippen LogP contribution >= 0.6 is 0 Å². The van der Waals surface area contributed by atoms with Crippen molar-refractivity contribution in [1.82, 2.24) is 0 Å². The Balaban J connectivity index is 2.12. The molecular weight excluding hydrogens is 292 g/mol. The van der Waals surface area contributed by atoms with Crippen LogP contribution in [0, 0.1) is 11.8 Å². The van der Waals surface area contributed by atoms with E-state index in [0.29, 0.717) is 5.56 Å². The molecule has 1 aromatic rings. The minimum absolute atomic E-state index is 0.105. The topological polar surface area (TPSA) is 52.6 Å². The third-order valence-electron chi connectivity index (χ3n) is 3.23. The standard InChI is InChI=1S/C19H20O4/c1-4-5-6-7-8-14-9-11-15(12-10-14)13-16-17(20)22-19(2,3)23-18(16)21/h9-13H,4-6H2,1-3H3. The Morgan fingerprint density at radius 2 is 1.70 bits per heavy atom. The molecule has 0 bridgehead atoms. The molecule has 1 aliphatic heterocycles. The van der Waals surface area contributed by atoms with Gasteiger partial charge in [-0.3, -0.25) is 0 Å². The second-order valence-corrected chi connectivity index (χ2v) is 5.76. The maximum Gasteiger partial charge on any atom is 0.348 e. The molecule has 0 saturated carbocycles. The van der Waals surface area contributed by atoms with Gasteiger partial charge in [-0.25, -0.2) is 9.59 Å². The number of hydrogen-bond acceptors (Lipinski definition) is 4. The summed E-state index contributed by atoms with van der Waals surface area (Å²) in [5.74, 6) is 3.64. The van der Waals surface area contributed by atoms with Gasteiger partial charge in [-0.15, -0.1) is 0 Å². The van der Waals surface area contributed by atoms with E-state index in [2.05, 4.69) is 18.8 Å². The zero-order chi connectivity index (χ0) is 16.9. The zero-order valence-corrected chi connectivity index (χ0v) is 13.6. The first-order valence-corrected chi connectivity index (χ1v) is 7.68. The van der Waals surface area contributed by atoms with E-state index in [1.807, 2.05) is 12.1 Å². The molecule has 120 valence electrons. The van der Waals surface area contributed by atoms with Crippen molar-refractivity contribution in [3.63, 3.8) is 0 Å². The van der Waals surface area contributed by atoms with Crippen LogP contribution in [0.3, 0.4) is 0 Å². The Morgan fingerprint density at radius 1 is 1.09 bits per heavy atom. The fraction of sp³-hybridized carbons (Fsp3) is 0.368. The number of hydrogen-bond donors (Lipinski definition) is 0. The summed E-state index contributed by atoms with van der Waals surface area (Å²) in [6.07, 6.45) is 4.58. The summed E-state index contributed by atoms with van der Waals surface area (Å²) in [5, 5.41) is 0. The summed E-state index contributed by atoms with van der Waals surface area (Å²) in [6, 6.07) is 7.32. The van der Waals surface area contributed by atoms with Crippen molar-refractivity contribution >= 4 is 18.0 Å². The number of cyclic esters (lactones) is 2. The number of unbranched alkanes of at least 4 members (excludes halogenated alkanes) is 2. The first-order valence-electron chi connectivity index (χ1n) is 7.68. The number of rotatable bonds is 3. The molecule has 2 rings (SSSR count). The molecule has 1 heterocycles. The summed E-state index contributed by atoms with van der Waals surface area (Å²) in [4.78, 5) is 23.8. The quantitative estimate of drug-likeness (QED) is 0.282. The maximum absolute atomic E-state index is 11.9. The molecule has 0 atom stereocenters. The van der Waals surface area contributed by atoms with Crippen molar-refractivity contribution in [1.29, 1.82) is 0 Å². The van der Waals surface area contributed by atoms with Gasteiger partial charge in [-0.05, 0) is 30.2 Å². The SMILES string of the molecule is CCCCC#Cc1ccc(C=C2C(=O)OC(C)(C)OC2=O)cc1. The van der Waals surface area contributed by atoms with Gasteiger partial charge in [0.25, 0.3) is 5.79 Å². The Kier molecular flexibility index (Phi) is 5.23. The number of ether oxygens (including phenoxy) is 2. The van der Waals surface area contributed by atoms with E-state index < -0.39 is 17.7 Å². The number of carbonyl (C=O) groups is 2. The van der Waals surface area contributed by atoms with E-state index in [9.17, 15) is 9.59 Å². The van der Waals surface area contributed by atoms with Gasteiger partial charge in [0.05, 0.1) is 0 Å². The molecule has 0 aromatic heterocycles. The average molecular weight is 312 g/mol. The Labute approximate surface area is 136 Å². The van der Waals surface area contributed by atoms with E-state index in [1.165, 1.54) is 19.9 Å². The lowest BCUT2D eigenvalue weighted by Crippen LogP contribution is -2.41. The lowest BCUT2D eigenvalue weighted by molar-refractivity contribution is -0.222. The monoisotopic (exact) mass is 312 g/mol. The Hall–Kier alpha value is -2.54. The number of esters is 2. The van der Waals surface area contributed by atoms with Crippen LogP contribution in [0.25, 0.3) is 6.08 Å². The van der Waals surface area contributed by atoms with Crippen LogP contribution in [-0.2, 0) is 19.1 Å². The highest BCUT2D eigenvalue weighted by Crippen LogP contribution is 2.24. The van der Waals surface area contributed by atoms with Gasteiger partial charge < -0.3 is 9.47 Å². The molecule has 1 saturated heterocycles. The summed E-state index contributed by atoms with van der Waals surface area (Å²) >= 11 is 0. The summed E-state index contributed by atoms with van der Waals surface area (Å²) in [6.45, 7) is 5.17. The van der Waals surface area contributed by atoms with Crippen molar-refractivity contribution in [2.45, 2.75) is 45.8 Å². The normalized spacial score (nSPS) is 16.0. The largest absolute Gasteiger partial charge is 0.419 e. The molecule has 0 amide bonds. The summed E-state index contributed by atoms with van der Waals surface area (Å²) in [7, 11) is 0. The maximum atomic E-state index is 11.9. The van der Waals surface area contributed by atoms with Gasteiger partial charge in [0, 0.05) is 25.8 Å². The lowest BCUT2D eigenvalue weighted by atomic mass is 10.1. The molecule has 0 N–H and O–H groups in total. The zero-order valence-electron chi connectivity index (χ0n) is 13.6. The van der Waals surface area contributed by atoms with Crippen molar-refractivity contribution in [3.05, 3.63) is 41.0 Å². The van der Waals surface area contributed by atoms with E-state index in [0.717, 1.165) is 24.8 Å². The second kappa shape index (κ2) is 7.15. The molecule has 4 heteroatoms. The van der Waals surface area contributed by atoms with Gasteiger partial charge in [0.2, 0.25) is 0 Å². The number of carbonyl (C=O) groups excluding carboxylic acids is 2. The van der Waals surface area contributed by atoms with Crippen LogP contribution in [0.2, 0.25) is 0 Å². The van der Waals surface area contributed by atoms with Crippen LogP contribution in [0.1, 0.15) is 51.2 Å². The molecule has 23 heavy (non-hydrogen) atoms. The summed E-state index contributed by atoms with van der Waals surface area (Å²) in [5.41, 5.74) is 1.51. The van der Waals surface area contributed by atoms with Gasteiger partial charge in [0.15, 0.2) is 0 Å². The Morgan fingerprint density at radius 3 is 2.26 bits per heavy atom. The van der Waals surface area contributed by atoms with Gasteiger partial charge in [-0.1, -0.05) is 37.3 Å². The lowest BCUT2D eigenvalue weighted by Gasteiger charge is -2.29. The van der Waals surface area contributed by atoms with Crippen LogP contribution in [-0.4, -0.2) is 17.7 Å². The molecule has 1 aliphatic rings. The van der Waals surface area contributed by atoms with Crippen molar-refractivity contribution in [2.24, 2.45) is 0 Å². The molecule has 1 fully saturated rings. The highest BCUT2D eigenvalue weighted by Gasteiger charge is 2.38. The smallest absolute Gasteiger partial charge is 0.348 e. The summed E-state index contributed by atoms with van der Waals surface area (Å²) < 4.78 is 10.1. The fourth-order valence-electron chi connectivity index (χ4n) is 2.04. The molecule has 4 nitrogen and oxygen atoms in total. The second-order valence-electron chi connectivity index (χ2n) is 5.76. The predicted molar refractivity (Wildman–Crippen MR) is 87.1 cm³/mol. The first kappa shape index (κ1) is 16.8. The van der Waals surface area contributed by atoms with Gasteiger partial charge in [-0.2, -0.15) is 0 Å². The molecule has 0 unspecified atom stereocenters. The highest BCUT2D eigenvalue weighted by molar-refractivity contribution is 6.18. The highest BCUT2D eigenvalue weighted by atomic mass is 16.7. The molecule has 1 aromatic carbocycles.